The summed E-state index contributed by atoms with van der Waals surface area (Å²) in [5.41, 5.74) is 1.27. The molecular weight excluding hydrogens is 254 g/mol. The Morgan fingerprint density at radius 3 is 2.89 bits per heavy atom. The molecule has 1 N–H and O–H groups in total. The summed E-state index contributed by atoms with van der Waals surface area (Å²) in [6.45, 7) is 5.94. The molecule has 0 spiro atoms. The first-order chi connectivity index (χ1) is 9.35. The van der Waals surface area contributed by atoms with E-state index < -0.39 is 0 Å². The van der Waals surface area contributed by atoms with Crippen molar-refractivity contribution in [3.8, 4) is 5.75 Å². The fourth-order valence-electron chi connectivity index (χ4n) is 2.76. The van der Waals surface area contributed by atoms with Gasteiger partial charge in [0.15, 0.2) is 0 Å². The molecule has 1 aromatic carbocycles. The standard InChI is InChI=1S/C16H25NOS/c1-3-18-15-10-6-5-8-13(15)12-17-14-9-7-11-16(14)19-4-2/h5-6,8,10,14,16-17H,3-4,7,9,11-12H2,1-2H3. The van der Waals surface area contributed by atoms with E-state index in [9.17, 15) is 0 Å². The average molecular weight is 279 g/mol. The number of benzene rings is 1. The van der Waals surface area contributed by atoms with Gasteiger partial charge in [-0.2, -0.15) is 11.8 Å². The van der Waals surface area contributed by atoms with Gasteiger partial charge in [0.2, 0.25) is 0 Å². The number of hydrogen-bond acceptors (Lipinski definition) is 3. The van der Waals surface area contributed by atoms with Crippen LogP contribution >= 0.6 is 11.8 Å². The summed E-state index contributed by atoms with van der Waals surface area (Å²) in [6, 6.07) is 9.02. The molecule has 2 unspecified atom stereocenters. The summed E-state index contributed by atoms with van der Waals surface area (Å²) in [6.07, 6.45) is 4.04. The molecule has 1 aliphatic carbocycles. The summed E-state index contributed by atoms with van der Waals surface area (Å²) in [4.78, 5) is 0. The van der Waals surface area contributed by atoms with Crippen molar-refractivity contribution in [1.29, 1.82) is 0 Å². The lowest BCUT2D eigenvalue weighted by Gasteiger charge is -2.21. The van der Waals surface area contributed by atoms with E-state index in [4.69, 9.17) is 4.74 Å². The quantitative estimate of drug-likeness (QED) is 0.819. The van der Waals surface area contributed by atoms with Crippen molar-refractivity contribution in [2.75, 3.05) is 12.4 Å². The Kier molecular flexibility index (Phi) is 6.05. The maximum atomic E-state index is 5.68. The smallest absolute Gasteiger partial charge is 0.123 e. The fourth-order valence-corrected chi connectivity index (χ4v) is 3.99. The molecule has 0 amide bonds. The molecule has 2 rings (SSSR count). The van der Waals surface area contributed by atoms with E-state index in [0.717, 1.165) is 24.2 Å². The van der Waals surface area contributed by atoms with Gasteiger partial charge in [-0.15, -0.1) is 0 Å². The summed E-state index contributed by atoms with van der Waals surface area (Å²) >= 11 is 2.10. The zero-order valence-corrected chi connectivity index (χ0v) is 12.8. The van der Waals surface area contributed by atoms with E-state index in [2.05, 4.69) is 42.2 Å². The van der Waals surface area contributed by atoms with Gasteiger partial charge >= 0.3 is 0 Å². The van der Waals surface area contributed by atoms with E-state index in [1.54, 1.807) is 0 Å². The van der Waals surface area contributed by atoms with Crippen LogP contribution in [0.4, 0.5) is 0 Å². The van der Waals surface area contributed by atoms with Crippen molar-refractivity contribution in [3.63, 3.8) is 0 Å². The molecule has 0 radical (unpaired) electrons. The number of hydrogen-bond donors (Lipinski definition) is 1. The topological polar surface area (TPSA) is 21.3 Å². The summed E-state index contributed by atoms with van der Waals surface area (Å²) in [7, 11) is 0. The van der Waals surface area contributed by atoms with E-state index in [1.807, 2.05) is 13.0 Å². The molecule has 1 saturated carbocycles. The lowest BCUT2D eigenvalue weighted by atomic mass is 10.1. The zero-order chi connectivity index (χ0) is 13.5. The van der Waals surface area contributed by atoms with Crippen LogP contribution in [0.25, 0.3) is 0 Å². The van der Waals surface area contributed by atoms with Crippen LogP contribution in [0.3, 0.4) is 0 Å². The van der Waals surface area contributed by atoms with E-state index in [-0.39, 0.29) is 0 Å². The van der Waals surface area contributed by atoms with E-state index in [0.29, 0.717) is 6.04 Å². The Morgan fingerprint density at radius 2 is 2.11 bits per heavy atom. The lowest BCUT2D eigenvalue weighted by Crippen LogP contribution is -2.33. The maximum Gasteiger partial charge on any atom is 0.123 e. The van der Waals surface area contributed by atoms with Gasteiger partial charge in [0, 0.05) is 23.4 Å². The van der Waals surface area contributed by atoms with Gasteiger partial charge < -0.3 is 10.1 Å². The van der Waals surface area contributed by atoms with Crippen molar-refractivity contribution in [3.05, 3.63) is 29.8 Å². The molecule has 0 aromatic heterocycles. The predicted octanol–water partition coefficient (Wildman–Crippen LogP) is 3.85. The van der Waals surface area contributed by atoms with Crippen molar-refractivity contribution >= 4 is 11.8 Å². The second-order valence-electron chi connectivity index (χ2n) is 4.95. The lowest BCUT2D eigenvalue weighted by molar-refractivity contribution is 0.334. The molecule has 0 saturated heterocycles. The highest BCUT2D eigenvalue weighted by atomic mass is 32.2. The van der Waals surface area contributed by atoms with Crippen LogP contribution in [0, 0.1) is 0 Å². The molecule has 19 heavy (non-hydrogen) atoms. The minimum atomic E-state index is 0.666. The van der Waals surface area contributed by atoms with Crippen LogP contribution < -0.4 is 10.1 Å². The molecule has 1 fully saturated rings. The Bertz CT molecular complexity index is 383. The first-order valence-electron chi connectivity index (χ1n) is 7.40. The molecular formula is C16H25NOS. The summed E-state index contributed by atoms with van der Waals surface area (Å²) < 4.78 is 5.68. The van der Waals surface area contributed by atoms with E-state index >= 15 is 0 Å². The molecule has 0 aliphatic heterocycles. The van der Waals surface area contributed by atoms with Crippen LogP contribution in [-0.2, 0) is 6.54 Å². The minimum Gasteiger partial charge on any atom is -0.494 e. The molecule has 1 aromatic rings. The number of ether oxygens (including phenoxy) is 1. The monoisotopic (exact) mass is 279 g/mol. The van der Waals surface area contributed by atoms with Gasteiger partial charge in [0.1, 0.15) is 5.75 Å². The molecule has 3 heteroatoms. The summed E-state index contributed by atoms with van der Waals surface area (Å²) in [5, 5.41) is 4.53. The van der Waals surface area contributed by atoms with Crippen LogP contribution in [0.1, 0.15) is 38.7 Å². The fraction of sp³-hybridized carbons (Fsp3) is 0.625. The van der Waals surface area contributed by atoms with Gasteiger partial charge in [0.25, 0.3) is 0 Å². The van der Waals surface area contributed by atoms with Crippen molar-refractivity contribution < 1.29 is 4.74 Å². The van der Waals surface area contributed by atoms with E-state index in [1.165, 1.54) is 30.6 Å². The maximum absolute atomic E-state index is 5.68. The largest absolute Gasteiger partial charge is 0.494 e. The van der Waals surface area contributed by atoms with Gasteiger partial charge in [0.05, 0.1) is 6.61 Å². The molecule has 0 heterocycles. The number of nitrogens with one attached hydrogen (secondary N) is 1. The van der Waals surface area contributed by atoms with Gasteiger partial charge in [-0.25, -0.2) is 0 Å². The second kappa shape index (κ2) is 7.81. The third-order valence-corrected chi connectivity index (χ3v) is 4.99. The Labute approximate surface area is 121 Å². The molecule has 0 bridgehead atoms. The molecule has 1 aliphatic rings. The number of rotatable bonds is 7. The third kappa shape index (κ3) is 4.15. The van der Waals surface area contributed by atoms with Crippen molar-refractivity contribution in [1.82, 2.24) is 5.32 Å². The highest BCUT2D eigenvalue weighted by Crippen LogP contribution is 2.30. The van der Waals surface area contributed by atoms with Crippen molar-refractivity contribution in [2.45, 2.75) is 50.9 Å². The van der Waals surface area contributed by atoms with Crippen LogP contribution in [0.15, 0.2) is 24.3 Å². The highest BCUT2D eigenvalue weighted by molar-refractivity contribution is 7.99. The average Bonchev–Trinajstić information content (AvgIpc) is 2.86. The number of thioether (sulfide) groups is 1. The van der Waals surface area contributed by atoms with Crippen LogP contribution in [0.5, 0.6) is 5.75 Å². The zero-order valence-electron chi connectivity index (χ0n) is 12.0. The van der Waals surface area contributed by atoms with Crippen molar-refractivity contribution in [2.24, 2.45) is 0 Å². The van der Waals surface area contributed by atoms with Crippen LogP contribution in [-0.4, -0.2) is 23.7 Å². The van der Waals surface area contributed by atoms with Gasteiger partial charge in [-0.3, -0.25) is 0 Å². The molecule has 2 nitrogen and oxygen atoms in total. The Balaban J connectivity index is 1.91. The molecule has 106 valence electrons. The van der Waals surface area contributed by atoms with Gasteiger partial charge in [-0.05, 0) is 31.6 Å². The minimum absolute atomic E-state index is 0.666. The normalized spacial score (nSPS) is 22.6. The Morgan fingerprint density at radius 1 is 1.26 bits per heavy atom. The second-order valence-corrected chi connectivity index (χ2v) is 6.47. The number of para-hydroxylation sites is 1. The SMILES string of the molecule is CCOc1ccccc1CNC1CCCC1SCC. The third-order valence-electron chi connectivity index (χ3n) is 3.66. The predicted molar refractivity (Wildman–Crippen MR) is 84.0 cm³/mol. The molecule has 2 atom stereocenters. The first-order valence-corrected chi connectivity index (χ1v) is 8.45. The first kappa shape index (κ1) is 14.7. The highest BCUT2D eigenvalue weighted by Gasteiger charge is 2.26. The Hall–Kier alpha value is -0.670. The van der Waals surface area contributed by atoms with Gasteiger partial charge in [-0.1, -0.05) is 31.5 Å². The van der Waals surface area contributed by atoms with Crippen LogP contribution in [0.2, 0.25) is 0 Å². The summed E-state index contributed by atoms with van der Waals surface area (Å²) in [5.74, 6) is 2.24.